The van der Waals surface area contributed by atoms with Crippen molar-refractivity contribution in [3.63, 3.8) is 0 Å². The molecule has 22 N–H and O–H groups in total. The number of rotatable bonds is 21. The predicted octanol–water partition coefficient (Wildman–Crippen LogP) is -14.8. The maximum atomic E-state index is 13.0. The molecule has 0 aromatic heterocycles. The van der Waals surface area contributed by atoms with Gasteiger partial charge in [-0.3, -0.25) is 14.4 Å². The van der Waals surface area contributed by atoms with Gasteiger partial charge in [-0.2, -0.15) is 0 Å². The van der Waals surface area contributed by atoms with Crippen molar-refractivity contribution in [1.82, 2.24) is 16.0 Å². The Labute approximate surface area is 488 Å². The van der Waals surface area contributed by atoms with Crippen LogP contribution in [0.3, 0.4) is 0 Å². The van der Waals surface area contributed by atoms with Gasteiger partial charge in [0.05, 0.1) is 45.7 Å². The number of carbonyl (C=O) groups excluding carboxylic acids is 3. The minimum Gasteiger partial charge on any atom is -0.394 e. The maximum absolute atomic E-state index is 13.0. The van der Waals surface area contributed by atoms with Gasteiger partial charge in [0.1, 0.15) is 165 Å². The number of nitrogens with one attached hydrogen (secondary N) is 3. The molecule has 0 spiro atoms. The number of ether oxygens (including phenoxy) is 13. The summed E-state index contributed by atoms with van der Waals surface area (Å²) in [6.45, 7) is -1.57. The van der Waals surface area contributed by atoms with Crippen LogP contribution in [0.2, 0.25) is 0 Å². The second-order valence-electron chi connectivity index (χ2n) is 21.8. The summed E-state index contributed by atoms with van der Waals surface area (Å²) in [6, 6.07) is -5.34. The van der Waals surface area contributed by atoms with E-state index in [1.54, 1.807) is 0 Å². The zero-order valence-corrected chi connectivity index (χ0v) is 46.5. The predicted molar refractivity (Wildman–Crippen MR) is 265 cm³/mol. The molecule has 38 heteroatoms. The van der Waals surface area contributed by atoms with Crippen LogP contribution < -0.4 is 16.0 Å². The monoisotopic (exact) mass is 1260 g/mol. The fourth-order valence-corrected chi connectivity index (χ4v) is 10.9. The van der Waals surface area contributed by atoms with Gasteiger partial charge in [0, 0.05) is 20.8 Å². The highest BCUT2D eigenvalue weighted by Gasteiger charge is 2.59. The molecule has 498 valence electrons. The second-order valence-corrected chi connectivity index (χ2v) is 21.8. The minimum absolute atomic E-state index is 0.779. The molecule has 86 heavy (non-hydrogen) atoms. The van der Waals surface area contributed by atoms with Gasteiger partial charge >= 0.3 is 0 Å². The second kappa shape index (κ2) is 30.5. The van der Waals surface area contributed by atoms with Crippen LogP contribution in [0.25, 0.3) is 0 Å². The van der Waals surface area contributed by atoms with Gasteiger partial charge in [0.15, 0.2) is 44.0 Å². The fraction of sp³-hybridized carbons (Fsp3) is 0.938. The molecule has 7 aliphatic heterocycles. The normalized spacial score (nSPS) is 49.4. The molecule has 0 aromatic carbocycles. The van der Waals surface area contributed by atoms with Crippen LogP contribution in [0.4, 0.5) is 0 Å². The van der Waals surface area contributed by atoms with Crippen molar-refractivity contribution in [2.45, 2.75) is 242 Å². The molecule has 0 aliphatic carbocycles. The summed E-state index contributed by atoms with van der Waals surface area (Å²) in [6.07, 6.45) is -62.2. The van der Waals surface area contributed by atoms with E-state index < -0.39 is 272 Å². The molecule has 7 aliphatic rings. The Morgan fingerprint density at radius 2 is 0.663 bits per heavy atom. The molecule has 7 heterocycles. The zero-order valence-electron chi connectivity index (χ0n) is 46.5. The van der Waals surface area contributed by atoms with Crippen molar-refractivity contribution < 1.29 is 173 Å². The van der Waals surface area contributed by atoms with E-state index in [0.29, 0.717) is 0 Å². The third-order valence-corrected chi connectivity index (χ3v) is 15.7. The topological polar surface area (TPSA) is 592 Å². The van der Waals surface area contributed by atoms with Crippen molar-refractivity contribution in [2.24, 2.45) is 0 Å². The van der Waals surface area contributed by atoms with E-state index in [-0.39, 0.29) is 0 Å². The van der Waals surface area contributed by atoms with E-state index in [0.717, 1.165) is 20.8 Å². The van der Waals surface area contributed by atoms with Gasteiger partial charge in [-0.25, -0.2) is 0 Å². The van der Waals surface area contributed by atoms with Crippen LogP contribution in [0.1, 0.15) is 27.7 Å². The van der Waals surface area contributed by atoms with E-state index >= 15 is 0 Å². The SMILES string of the molecule is CC(=O)N[C@H]1[C@H](O[C@H]2[C@H](O)[C@@H](NC(C)=O)C(O)O[C@@H]2CO[C@@H]2O[C@@H](C)[C@@H](O)[C@@H](O)[C@@H]2O)O[C@H](CO)[C@@H](O[C@@H]2O[C@H](CO[C@H]3O[C@H](CO)[C@@H](O)[C@H](O)[C@@H]3O)[C@@H](O[C@@H]3O[C@H](CO)[C@@H](O)[C@H](O)[C@H]3NC(C)=O)[C@H](O[C@H]3O[C@H](CO)[C@@H](O)[C@H](O)[C@@H]3O)[C@@H]2O)[C@@H]1O. The number of aliphatic hydroxyl groups excluding tert-OH is 19. The Morgan fingerprint density at radius 1 is 0.326 bits per heavy atom. The third-order valence-electron chi connectivity index (χ3n) is 15.7. The summed E-state index contributed by atoms with van der Waals surface area (Å²) < 4.78 is 76.7. The molecule has 35 atom stereocenters. The van der Waals surface area contributed by atoms with Crippen LogP contribution in [-0.2, 0) is 76.0 Å². The Hall–Kier alpha value is -2.87. The summed E-state index contributed by atoms with van der Waals surface area (Å²) in [5, 5.41) is 214. The Morgan fingerprint density at radius 3 is 1.17 bits per heavy atom. The number of aliphatic hydroxyl groups is 19. The molecular formula is C48H81N3O35. The van der Waals surface area contributed by atoms with Crippen molar-refractivity contribution in [3.8, 4) is 0 Å². The molecule has 38 nitrogen and oxygen atoms in total. The van der Waals surface area contributed by atoms with E-state index in [1.165, 1.54) is 6.92 Å². The van der Waals surface area contributed by atoms with Crippen LogP contribution in [0.5, 0.6) is 0 Å². The highest BCUT2D eigenvalue weighted by atomic mass is 16.8. The van der Waals surface area contributed by atoms with Gasteiger partial charge in [-0.1, -0.05) is 0 Å². The van der Waals surface area contributed by atoms with Crippen molar-refractivity contribution in [1.29, 1.82) is 0 Å². The van der Waals surface area contributed by atoms with Crippen molar-refractivity contribution in [3.05, 3.63) is 0 Å². The fourth-order valence-electron chi connectivity index (χ4n) is 10.9. The number of hydrogen-bond acceptors (Lipinski definition) is 35. The van der Waals surface area contributed by atoms with Crippen molar-refractivity contribution >= 4 is 17.7 Å². The van der Waals surface area contributed by atoms with Gasteiger partial charge in [0.2, 0.25) is 17.7 Å². The Bertz CT molecular complexity index is 2170. The van der Waals surface area contributed by atoms with Gasteiger partial charge < -0.3 is 175 Å². The van der Waals surface area contributed by atoms with Crippen molar-refractivity contribution in [2.75, 3.05) is 39.6 Å². The summed E-state index contributed by atoms with van der Waals surface area (Å²) in [4.78, 5) is 37.8. The zero-order chi connectivity index (χ0) is 63.5. The molecule has 3 amide bonds. The average molecular weight is 1260 g/mol. The van der Waals surface area contributed by atoms with Gasteiger partial charge in [-0.05, 0) is 6.92 Å². The molecule has 0 radical (unpaired) electrons. The number of amides is 3. The van der Waals surface area contributed by atoms with Gasteiger partial charge in [-0.15, -0.1) is 0 Å². The molecule has 0 bridgehead atoms. The van der Waals surface area contributed by atoms with E-state index in [4.69, 9.17) is 61.6 Å². The first-order chi connectivity index (χ1) is 40.6. The lowest BCUT2D eigenvalue weighted by molar-refractivity contribution is -0.398. The molecule has 0 saturated carbocycles. The quantitative estimate of drug-likeness (QED) is 0.0507. The van der Waals surface area contributed by atoms with E-state index in [9.17, 15) is 111 Å². The standard InChI is InChI=1S/C48H81N3O35/c1-11-24(59)31(66)34(69)45(76-11)74-9-19-39(29(64)21(42(73)77-19)49-12(2)56)83-44-23(51-14(4)58)30(65)38(18(8-55)81-44)84-48-37(72)41(86-47-36(71)33(68)27(62)17(7-54)80-47)40(85-43-22(50-13(3)57)28(63)25(60)15(5-52)78-43)20(82-48)10-75-46-35(70)32(67)26(61)16(6-53)79-46/h11,15-48,52-55,59-73H,5-10H2,1-4H3,(H,49,56)(H,50,57)(H,51,58)/t11-,15+,16+,17+,18+,19+,20+,21+,22+,23+,24+,25+,26+,27+,28+,29+,30+,31+,32-,33-,34-,35-,36-,37-,38+,39+,40+,41+,42?,43-,44-,45+,46-,47+,48-/m0/s1. The summed E-state index contributed by atoms with van der Waals surface area (Å²) in [5.41, 5.74) is 0. The highest BCUT2D eigenvalue weighted by Crippen LogP contribution is 2.38. The van der Waals surface area contributed by atoms with Crippen LogP contribution in [0.15, 0.2) is 0 Å². The summed E-state index contributed by atoms with van der Waals surface area (Å²) in [7, 11) is 0. The molecule has 7 rings (SSSR count). The molecular weight excluding hydrogens is 1180 g/mol. The van der Waals surface area contributed by atoms with Crippen LogP contribution >= 0.6 is 0 Å². The summed E-state index contributed by atoms with van der Waals surface area (Å²) >= 11 is 0. The first-order valence-corrected chi connectivity index (χ1v) is 27.5. The average Bonchev–Trinajstić information content (AvgIpc) is 0.976. The maximum Gasteiger partial charge on any atom is 0.217 e. The third kappa shape index (κ3) is 15.5. The first kappa shape index (κ1) is 70.6. The smallest absolute Gasteiger partial charge is 0.217 e. The van der Waals surface area contributed by atoms with E-state index in [2.05, 4.69) is 16.0 Å². The largest absolute Gasteiger partial charge is 0.394 e. The van der Waals surface area contributed by atoms with Gasteiger partial charge in [0.25, 0.3) is 0 Å². The number of hydrogen-bond donors (Lipinski definition) is 22. The lowest BCUT2D eigenvalue weighted by Crippen LogP contribution is -2.71. The molecule has 0 aromatic rings. The van der Waals surface area contributed by atoms with Crippen LogP contribution in [-0.4, -0.2) is 369 Å². The molecule has 1 unspecified atom stereocenters. The minimum atomic E-state index is -2.44. The molecule has 7 saturated heterocycles. The first-order valence-electron chi connectivity index (χ1n) is 27.5. The lowest BCUT2D eigenvalue weighted by atomic mass is 9.93. The lowest BCUT2D eigenvalue weighted by Gasteiger charge is -2.51. The Balaban J connectivity index is 1.25. The summed E-state index contributed by atoms with van der Waals surface area (Å²) in [5.74, 6) is -2.55. The number of carbonyl (C=O) groups is 3. The van der Waals surface area contributed by atoms with Crippen LogP contribution in [0, 0.1) is 0 Å². The van der Waals surface area contributed by atoms with E-state index in [1.807, 2.05) is 0 Å². The Kier molecular flexibility index (Phi) is 25.0. The molecule has 7 fully saturated rings. The highest BCUT2D eigenvalue weighted by molar-refractivity contribution is 5.74.